The molecule has 0 aliphatic carbocycles. The van der Waals surface area contributed by atoms with E-state index in [9.17, 15) is 0 Å². The van der Waals surface area contributed by atoms with Crippen molar-refractivity contribution in [2.24, 2.45) is 0 Å². The predicted molar refractivity (Wildman–Crippen MR) is 66.3 cm³/mol. The molecule has 1 aliphatic heterocycles. The Kier molecular flexibility index (Phi) is 6.39. The van der Waals surface area contributed by atoms with Gasteiger partial charge in [0, 0.05) is 52.2 Å². The molecule has 0 saturated carbocycles. The molecular weight excluding hydrogens is 200 g/mol. The fourth-order valence-corrected chi connectivity index (χ4v) is 1.99. The minimum Gasteiger partial charge on any atom is -0.304 e. The largest absolute Gasteiger partial charge is 0.304 e. The number of likely N-dealkylation sites (N-methyl/N-ethyl adjacent to an activating group) is 2. The first-order valence-electron chi connectivity index (χ1n) is 6.26. The maximum absolute atomic E-state index is 8.56. The molecule has 1 rings (SSSR count). The number of hydrogen-bond acceptors (Lipinski definition) is 4. The first-order chi connectivity index (χ1) is 7.76. The van der Waals surface area contributed by atoms with Gasteiger partial charge in [-0.1, -0.05) is 6.92 Å². The third kappa shape index (κ3) is 4.93. The molecule has 92 valence electrons. The van der Waals surface area contributed by atoms with Crippen LogP contribution in [0.15, 0.2) is 0 Å². The number of nitriles is 1. The van der Waals surface area contributed by atoms with E-state index in [1.165, 1.54) is 26.2 Å². The van der Waals surface area contributed by atoms with Gasteiger partial charge in [-0.05, 0) is 13.6 Å². The van der Waals surface area contributed by atoms with Gasteiger partial charge in [0.05, 0.1) is 6.07 Å². The van der Waals surface area contributed by atoms with E-state index >= 15 is 0 Å². The van der Waals surface area contributed by atoms with E-state index in [1.54, 1.807) is 0 Å². The molecule has 0 aromatic carbocycles. The van der Waals surface area contributed by atoms with E-state index in [0.29, 0.717) is 6.42 Å². The van der Waals surface area contributed by atoms with Crippen molar-refractivity contribution in [1.82, 2.24) is 14.7 Å². The van der Waals surface area contributed by atoms with Crippen LogP contribution in [0.25, 0.3) is 0 Å². The molecular formula is C12H24N4. The third-order valence-electron chi connectivity index (χ3n) is 3.32. The van der Waals surface area contributed by atoms with Crippen LogP contribution in [0.1, 0.15) is 13.3 Å². The first-order valence-corrected chi connectivity index (χ1v) is 6.26. The average molecular weight is 224 g/mol. The van der Waals surface area contributed by atoms with Crippen molar-refractivity contribution in [2.45, 2.75) is 13.3 Å². The summed E-state index contributed by atoms with van der Waals surface area (Å²) in [7, 11) is 2.18. The summed E-state index contributed by atoms with van der Waals surface area (Å²) in [4.78, 5) is 7.26. The zero-order valence-corrected chi connectivity index (χ0v) is 10.7. The summed E-state index contributed by atoms with van der Waals surface area (Å²) >= 11 is 0. The summed E-state index contributed by atoms with van der Waals surface area (Å²) in [6.07, 6.45) is 0.649. The summed E-state index contributed by atoms with van der Waals surface area (Å²) < 4.78 is 0. The second-order valence-corrected chi connectivity index (χ2v) is 4.49. The number of hydrogen-bond donors (Lipinski definition) is 0. The van der Waals surface area contributed by atoms with Crippen LogP contribution in [-0.4, -0.2) is 74.1 Å². The molecule has 0 aromatic rings. The van der Waals surface area contributed by atoms with Gasteiger partial charge in [-0.3, -0.25) is 4.90 Å². The standard InChI is InChI=1S/C12H24N4/c1-3-15(6-4-5-13)11-12-16-9-7-14(2)8-10-16/h3-4,6-12H2,1-2H3. The lowest BCUT2D eigenvalue weighted by Gasteiger charge is -2.33. The Morgan fingerprint density at radius 3 is 2.44 bits per heavy atom. The Bertz CT molecular complexity index is 216. The maximum Gasteiger partial charge on any atom is 0.0635 e. The molecule has 0 bridgehead atoms. The fraction of sp³-hybridized carbons (Fsp3) is 0.917. The second kappa shape index (κ2) is 7.61. The zero-order valence-electron chi connectivity index (χ0n) is 10.7. The summed E-state index contributed by atoms with van der Waals surface area (Å²) in [6.45, 7) is 11.1. The van der Waals surface area contributed by atoms with Crippen LogP contribution in [0.2, 0.25) is 0 Å². The highest BCUT2D eigenvalue weighted by atomic mass is 15.3. The molecule has 0 amide bonds. The van der Waals surface area contributed by atoms with Crippen molar-refractivity contribution in [2.75, 3.05) is 59.4 Å². The summed E-state index contributed by atoms with van der Waals surface area (Å²) in [5.74, 6) is 0. The van der Waals surface area contributed by atoms with E-state index in [1.807, 2.05) is 0 Å². The Morgan fingerprint density at radius 1 is 1.19 bits per heavy atom. The molecule has 0 atom stereocenters. The average Bonchev–Trinajstić information content (AvgIpc) is 2.32. The van der Waals surface area contributed by atoms with Crippen molar-refractivity contribution in [3.05, 3.63) is 0 Å². The predicted octanol–water partition coefficient (Wildman–Crippen LogP) is 0.469. The van der Waals surface area contributed by atoms with Crippen molar-refractivity contribution >= 4 is 0 Å². The minimum atomic E-state index is 0.649. The molecule has 4 heteroatoms. The molecule has 16 heavy (non-hydrogen) atoms. The minimum absolute atomic E-state index is 0.649. The Balaban J connectivity index is 2.14. The number of piperazine rings is 1. The van der Waals surface area contributed by atoms with Gasteiger partial charge in [0.25, 0.3) is 0 Å². The van der Waals surface area contributed by atoms with Crippen LogP contribution in [0.4, 0.5) is 0 Å². The normalized spacial score (nSPS) is 18.9. The molecule has 1 saturated heterocycles. The van der Waals surface area contributed by atoms with Crippen LogP contribution < -0.4 is 0 Å². The Labute approximate surface area is 99.4 Å². The fourth-order valence-electron chi connectivity index (χ4n) is 1.99. The SMILES string of the molecule is CCN(CCC#N)CCN1CCN(C)CC1. The molecule has 1 heterocycles. The van der Waals surface area contributed by atoms with Gasteiger partial charge in [-0.25, -0.2) is 0 Å². The van der Waals surface area contributed by atoms with E-state index in [0.717, 1.165) is 26.2 Å². The molecule has 4 nitrogen and oxygen atoms in total. The highest BCUT2D eigenvalue weighted by Gasteiger charge is 2.14. The Morgan fingerprint density at radius 2 is 1.88 bits per heavy atom. The van der Waals surface area contributed by atoms with Gasteiger partial charge < -0.3 is 9.80 Å². The molecule has 0 N–H and O–H groups in total. The molecule has 1 aliphatic rings. The van der Waals surface area contributed by atoms with Crippen molar-refractivity contribution in [3.63, 3.8) is 0 Å². The van der Waals surface area contributed by atoms with Crippen molar-refractivity contribution in [3.8, 4) is 6.07 Å². The quantitative estimate of drug-likeness (QED) is 0.657. The van der Waals surface area contributed by atoms with Crippen LogP contribution in [0, 0.1) is 11.3 Å². The van der Waals surface area contributed by atoms with Crippen molar-refractivity contribution in [1.29, 1.82) is 5.26 Å². The molecule has 0 radical (unpaired) electrons. The summed E-state index contributed by atoms with van der Waals surface area (Å²) in [6, 6.07) is 2.21. The topological polar surface area (TPSA) is 33.5 Å². The van der Waals surface area contributed by atoms with Crippen LogP contribution in [-0.2, 0) is 0 Å². The molecule has 0 unspecified atom stereocenters. The lowest BCUT2D eigenvalue weighted by molar-refractivity contribution is 0.137. The van der Waals surface area contributed by atoms with Gasteiger partial charge in [-0.2, -0.15) is 5.26 Å². The van der Waals surface area contributed by atoms with E-state index < -0.39 is 0 Å². The zero-order chi connectivity index (χ0) is 11.8. The number of rotatable bonds is 6. The molecule has 1 fully saturated rings. The van der Waals surface area contributed by atoms with E-state index in [-0.39, 0.29) is 0 Å². The smallest absolute Gasteiger partial charge is 0.0635 e. The summed E-state index contributed by atoms with van der Waals surface area (Å²) in [5.41, 5.74) is 0. The van der Waals surface area contributed by atoms with Gasteiger partial charge in [0.2, 0.25) is 0 Å². The highest BCUT2D eigenvalue weighted by Crippen LogP contribution is 2.00. The van der Waals surface area contributed by atoms with Gasteiger partial charge in [-0.15, -0.1) is 0 Å². The Hall–Kier alpha value is -0.630. The second-order valence-electron chi connectivity index (χ2n) is 4.49. The van der Waals surface area contributed by atoms with Crippen LogP contribution >= 0.6 is 0 Å². The van der Waals surface area contributed by atoms with E-state index in [2.05, 4.69) is 34.7 Å². The lowest BCUT2D eigenvalue weighted by atomic mass is 10.3. The monoisotopic (exact) mass is 224 g/mol. The highest BCUT2D eigenvalue weighted by molar-refractivity contribution is 4.74. The lowest BCUT2D eigenvalue weighted by Crippen LogP contribution is -2.47. The van der Waals surface area contributed by atoms with Crippen molar-refractivity contribution < 1.29 is 0 Å². The summed E-state index contributed by atoms with van der Waals surface area (Å²) in [5, 5.41) is 8.56. The van der Waals surface area contributed by atoms with Gasteiger partial charge in [0.1, 0.15) is 0 Å². The van der Waals surface area contributed by atoms with Gasteiger partial charge in [0.15, 0.2) is 0 Å². The third-order valence-corrected chi connectivity index (χ3v) is 3.32. The molecule has 0 spiro atoms. The van der Waals surface area contributed by atoms with Crippen LogP contribution in [0.5, 0.6) is 0 Å². The maximum atomic E-state index is 8.56. The number of nitrogens with zero attached hydrogens (tertiary/aromatic N) is 4. The first kappa shape index (κ1) is 13.4. The van der Waals surface area contributed by atoms with Gasteiger partial charge >= 0.3 is 0 Å². The molecule has 0 aromatic heterocycles. The van der Waals surface area contributed by atoms with E-state index in [4.69, 9.17) is 5.26 Å². The van der Waals surface area contributed by atoms with Crippen LogP contribution in [0.3, 0.4) is 0 Å².